The lowest BCUT2D eigenvalue weighted by Crippen LogP contribution is -1.95. The number of aryl methyl sites for hydroxylation is 1. The minimum atomic E-state index is -2.53. The Labute approximate surface area is 90.8 Å². The highest BCUT2D eigenvalue weighted by molar-refractivity contribution is 9.10. The molecule has 13 heavy (non-hydrogen) atoms. The van der Waals surface area contributed by atoms with Crippen LogP contribution in [0.2, 0.25) is 0 Å². The van der Waals surface area contributed by atoms with Gasteiger partial charge in [-0.1, -0.05) is 0 Å². The van der Waals surface area contributed by atoms with Gasteiger partial charge in [-0.15, -0.1) is 0 Å². The molecule has 0 spiro atoms. The fraction of sp³-hybridized carbons (Fsp3) is 0.125. The summed E-state index contributed by atoms with van der Waals surface area (Å²) in [4.78, 5) is 11.4. The number of rotatable bonds is 1. The van der Waals surface area contributed by atoms with Crippen molar-refractivity contribution in [2.75, 3.05) is 0 Å². The van der Waals surface area contributed by atoms with Crippen LogP contribution in [0.25, 0.3) is 5.82 Å². The van der Waals surface area contributed by atoms with Crippen LogP contribution >= 0.6 is 15.9 Å². The van der Waals surface area contributed by atoms with Gasteiger partial charge in [0.1, 0.15) is 13.5 Å². The molecule has 5 heteroatoms. The van der Waals surface area contributed by atoms with E-state index in [4.69, 9.17) is 6.85 Å². The number of hydrogen-bond donors (Lipinski definition) is 0. The SMILES string of the molecule is [2H]c1nc(C([2H])([2H])[2H])c([2H])n1-c1ccnc(Br)n1. The molecule has 0 atom stereocenters. The van der Waals surface area contributed by atoms with Gasteiger partial charge < -0.3 is 0 Å². The molecule has 2 aromatic heterocycles. The predicted octanol–water partition coefficient (Wildman–Crippen LogP) is 1.73. The molecule has 0 fully saturated rings. The van der Waals surface area contributed by atoms with Gasteiger partial charge in [0, 0.05) is 16.5 Å². The summed E-state index contributed by atoms with van der Waals surface area (Å²) < 4.78 is 38.4. The number of hydrogen-bond acceptors (Lipinski definition) is 3. The van der Waals surface area contributed by atoms with Crippen LogP contribution in [-0.4, -0.2) is 19.5 Å². The van der Waals surface area contributed by atoms with Gasteiger partial charge >= 0.3 is 0 Å². The molecular formula is C8H7BrN4. The highest BCUT2D eigenvalue weighted by Gasteiger charge is 1.99. The van der Waals surface area contributed by atoms with Gasteiger partial charge in [0.15, 0.2) is 4.73 Å². The fourth-order valence-corrected chi connectivity index (χ4v) is 1.11. The summed E-state index contributed by atoms with van der Waals surface area (Å²) in [5.41, 5.74) is -0.415. The van der Waals surface area contributed by atoms with E-state index in [0.29, 0.717) is 0 Å². The smallest absolute Gasteiger partial charge is 0.198 e. The van der Waals surface area contributed by atoms with Crippen molar-refractivity contribution >= 4 is 15.9 Å². The Bertz CT molecular complexity index is 594. The lowest BCUT2D eigenvalue weighted by Gasteiger charge is -1.98. The molecule has 2 rings (SSSR count). The third kappa shape index (κ3) is 1.75. The molecule has 0 aliphatic carbocycles. The first-order valence-electron chi connectivity index (χ1n) is 5.86. The molecule has 0 N–H and O–H groups in total. The lowest BCUT2D eigenvalue weighted by molar-refractivity contribution is 0.953. The van der Waals surface area contributed by atoms with Crippen LogP contribution in [0.3, 0.4) is 0 Å². The molecular weight excluding hydrogens is 232 g/mol. The Morgan fingerprint density at radius 3 is 3.23 bits per heavy atom. The average Bonchev–Trinajstić information content (AvgIpc) is 2.54. The Balaban J connectivity index is 2.63. The van der Waals surface area contributed by atoms with E-state index in [1.54, 1.807) is 0 Å². The van der Waals surface area contributed by atoms with E-state index in [0.717, 1.165) is 4.57 Å². The molecule has 0 saturated heterocycles. The van der Waals surface area contributed by atoms with Crippen molar-refractivity contribution in [1.29, 1.82) is 0 Å². The monoisotopic (exact) mass is 243 g/mol. The van der Waals surface area contributed by atoms with Crippen molar-refractivity contribution in [3.05, 3.63) is 35.2 Å². The molecule has 0 aromatic carbocycles. The van der Waals surface area contributed by atoms with Crippen molar-refractivity contribution in [3.63, 3.8) is 0 Å². The first-order valence-corrected chi connectivity index (χ1v) is 4.15. The summed E-state index contributed by atoms with van der Waals surface area (Å²) in [6, 6.07) is 1.46. The number of imidazole rings is 1. The summed E-state index contributed by atoms with van der Waals surface area (Å²) in [6.45, 7) is -2.53. The molecule has 0 aliphatic rings. The number of halogens is 1. The van der Waals surface area contributed by atoms with Gasteiger partial charge in [-0.05, 0) is 28.8 Å². The molecule has 0 radical (unpaired) electrons. The zero-order valence-electron chi connectivity index (χ0n) is 11.3. The molecule has 0 saturated carbocycles. The average molecular weight is 244 g/mol. The second-order valence-corrected chi connectivity index (χ2v) is 2.90. The zero-order valence-corrected chi connectivity index (χ0v) is 7.91. The standard InChI is InChI=1S/C8H7BrN4/c1-6-4-13(5-11-6)7-2-3-10-8(9)12-7/h2-5H,1H3/i1D3,4D,5D. The highest BCUT2D eigenvalue weighted by atomic mass is 79.9. The lowest BCUT2D eigenvalue weighted by atomic mass is 10.5. The van der Waals surface area contributed by atoms with Crippen LogP contribution in [0.15, 0.2) is 29.5 Å². The molecule has 66 valence electrons. The van der Waals surface area contributed by atoms with Crippen molar-refractivity contribution in [2.24, 2.45) is 0 Å². The third-order valence-electron chi connectivity index (χ3n) is 1.32. The van der Waals surface area contributed by atoms with E-state index in [2.05, 4.69) is 30.9 Å². The van der Waals surface area contributed by atoms with E-state index in [-0.39, 0.29) is 23.0 Å². The molecule has 2 heterocycles. The molecule has 0 amide bonds. The van der Waals surface area contributed by atoms with Gasteiger partial charge in [-0.25, -0.2) is 15.0 Å². The summed E-state index contributed by atoms with van der Waals surface area (Å²) >= 11 is 3.07. The first-order chi connectivity index (χ1) is 8.30. The summed E-state index contributed by atoms with van der Waals surface area (Å²) in [5.74, 6) is 0.217. The van der Waals surface area contributed by atoms with Gasteiger partial charge in [0.2, 0.25) is 0 Å². The normalized spacial score (nSPS) is 16.8. The van der Waals surface area contributed by atoms with Crippen LogP contribution in [0.5, 0.6) is 0 Å². The number of nitrogens with zero attached hydrogens (tertiary/aromatic N) is 4. The zero-order chi connectivity index (χ0) is 13.5. The maximum Gasteiger partial charge on any atom is 0.198 e. The minimum absolute atomic E-state index is 0.217. The van der Waals surface area contributed by atoms with Crippen LogP contribution in [0.4, 0.5) is 0 Å². The predicted molar refractivity (Wildman–Crippen MR) is 51.6 cm³/mol. The molecule has 0 aliphatic heterocycles. The second kappa shape index (κ2) is 3.26. The van der Waals surface area contributed by atoms with Crippen LogP contribution < -0.4 is 0 Å². The molecule has 0 bridgehead atoms. The Kier molecular flexibility index (Phi) is 1.08. The first kappa shape index (κ1) is 4.32. The molecule has 2 aromatic rings. The summed E-state index contributed by atoms with van der Waals surface area (Å²) in [5, 5.41) is 0. The fourth-order valence-electron chi connectivity index (χ4n) is 0.815. The van der Waals surface area contributed by atoms with Crippen molar-refractivity contribution in [3.8, 4) is 5.82 Å². The summed E-state index contributed by atoms with van der Waals surface area (Å²) in [6.07, 6.45) is 0.711. The summed E-state index contributed by atoms with van der Waals surface area (Å²) in [7, 11) is 0. The second-order valence-electron chi connectivity index (χ2n) is 2.19. The highest BCUT2D eigenvalue weighted by Crippen LogP contribution is 2.07. The van der Waals surface area contributed by atoms with Crippen molar-refractivity contribution < 1.29 is 6.85 Å². The van der Waals surface area contributed by atoms with Crippen molar-refractivity contribution in [2.45, 2.75) is 6.85 Å². The quantitative estimate of drug-likeness (QED) is 0.717. The van der Waals surface area contributed by atoms with Crippen LogP contribution in [0.1, 0.15) is 12.5 Å². The van der Waals surface area contributed by atoms with Crippen molar-refractivity contribution in [1.82, 2.24) is 19.5 Å². The minimum Gasteiger partial charge on any atom is -0.290 e. The molecule has 0 unspecified atom stereocenters. The Morgan fingerprint density at radius 1 is 1.62 bits per heavy atom. The van der Waals surface area contributed by atoms with Crippen LogP contribution in [-0.2, 0) is 0 Å². The van der Waals surface area contributed by atoms with Gasteiger partial charge in [-0.2, -0.15) is 0 Å². The van der Waals surface area contributed by atoms with E-state index in [9.17, 15) is 0 Å². The van der Waals surface area contributed by atoms with E-state index in [1.165, 1.54) is 12.3 Å². The number of aromatic nitrogens is 4. The van der Waals surface area contributed by atoms with E-state index < -0.39 is 12.5 Å². The molecule has 4 nitrogen and oxygen atoms in total. The van der Waals surface area contributed by atoms with Crippen LogP contribution in [0, 0.1) is 6.85 Å². The van der Waals surface area contributed by atoms with Gasteiger partial charge in [0.05, 0.1) is 7.06 Å². The Hall–Kier alpha value is -1.23. The maximum atomic E-state index is 7.78. The van der Waals surface area contributed by atoms with E-state index in [1.807, 2.05) is 0 Å². The largest absolute Gasteiger partial charge is 0.290 e. The topological polar surface area (TPSA) is 43.6 Å². The third-order valence-corrected chi connectivity index (χ3v) is 1.70. The van der Waals surface area contributed by atoms with Gasteiger partial charge in [-0.3, -0.25) is 4.57 Å². The van der Waals surface area contributed by atoms with Gasteiger partial charge in [0.25, 0.3) is 0 Å². The maximum absolute atomic E-state index is 7.78. The Morgan fingerprint density at radius 2 is 2.54 bits per heavy atom. The van der Waals surface area contributed by atoms with E-state index >= 15 is 0 Å².